The molecule has 154 valence electrons. The number of aryl methyl sites for hydroxylation is 3. The molecule has 1 N–H and O–H groups in total. The van der Waals surface area contributed by atoms with E-state index < -0.39 is 26.2 Å². The van der Waals surface area contributed by atoms with Gasteiger partial charge in [-0.3, -0.25) is 4.18 Å². The van der Waals surface area contributed by atoms with Crippen LogP contribution in [0.3, 0.4) is 0 Å². The van der Waals surface area contributed by atoms with Gasteiger partial charge in [0.25, 0.3) is 10.1 Å². The van der Waals surface area contributed by atoms with Crippen molar-refractivity contribution in [2.45, 2.75) is 52.0 Å². The van der Waals surface area contributed by atoms with Crippen LogP contribution in [-0.4, -0.2) is 35.7 Å². The molecule has 0 aliphatic carbocycles. The Hall–Kier alpha value is -0.740. The fourth-order valence-electron chi connectivity index (χ4n) is 2.94. The van der Waals surface area contributed by atoms with Crippen LogP contribution in [0, 0.1) is 26.7 Å². The van der Waals surface area contributed by atoms with Crippen LogP contribution in [0.1, 0.15) is 37.0 Å². The molecule has 27 heavy (non-hydrogen) atoms. The minimum Gasteiger partial charge on any atom is -0.265 e. The van der Waals surface area contributed by atoms with E-state index in [1.54, 1.807) is 19.9 Å². The first-order valence-corrected chi connectivity index (χ1v) is 12.6. The third kappa shape index (κ3) is 8.43. The molecule has 9 heteroatoms. The quantitative estimate of drug-likeness (QED) is 0.544. The van der Waals surface area contributed by atoms with Gasteiger partial charge in [-0.25, -0.2) is 13.1 Å². The molecule has 1 aromatic rings. The molecule has 0 spiro atoms. The maximum Gasteiger partial charge on any atom is 0.264 e. The Kier molecular flexibility index (Phi) is 8.68. The highest BCUT2D eigenvalue weighted by Gasteiger charge is 2.24. The van der Waals surface area contributed by atoms with Crippen molar-refractivity contribution in [1.29, 1.82) is 0 Å². The lowest BCUT2D eigenvalue weighted by atomic mass is 10.0. The highest BCUT2D eigenvalue weighted by Crippen LogP contribution is 2.23. The lowest BCUT2D eigenvalue weighted by Gasteiger charge is -2.20. The maximum atomic E-state index is 13.0. The second kappa shape index (κ2) is 9.65. The minimum absolute atomic E-state index is 0.183. The van der Waals surface area contributed by atoms with Crippen molar-refractivity contribution in [3.05, 3.63) is 39.4 Å². The average molecular weight is 482 g/mol. The summed E-state index contributed by atoms with van der Waals surface area (Å²) in [5, 5.41) is 0. The van der Waals surface area contributed by atoms with Crippen LogP contribution in [0.5, 0.6) is 0 Å². The van der Waals surface area contributed by atoms with E-state index in [0.29, 0.717) is 22.0 Å². The fraction of sp³-hybridized carbons (Fsp3) is 0.556. The number of sulfonamides is 1. The highest BCUT2D eigenvalue weighted by atomic mass is 79.9. The first-order valence-electron chi connectivity index (χ1n) is 8.52. The van der Waals surface area contributed by atoms with Crippen molar-refractivity contribution >= 4 is 36.1 Å². The van der Waals surface area contributed by atoms with E-state index in [1.165, 1.54) is 0 Å². The zero-order valence-corrected chi connectivity index (χ0v) is 19.8. The Morgan fingerprint density at radius 1 is 1.15 bits per heavy atom. The summed E-state index contributed by atoms with van der Waals surface area (Å²) >= 11 is 3.26. The molecule has 0 saturated carbocycles. The van der Waals surface area contributed by atoms with Gasteiger partial charge in [-0.15, -0.1) is 0 Å². The molecule has 0 bridgehead atoms. The van der Waals surface area contributed by atoms with E-state index >= 15 is 0 Å². The van der Waals surface area contributed by atoms with Crippen LogP contribution >= 0.6 is 15.9 Å². The first kappa shape index (κ1) is 24.3. The van der Waals surface area contributed by atoms with Crippen molar-refractivity contribution < 1.29 is 21.0 Å². The Bertz CT molecular complexity index is 883. The van der Waals surface area contributed by atoms with Gasteiger partial charge in [-0.1, -0.05) is 53.5 Å². The summed E-state index contributed by atoms with van der Waals surface area (Å²) in [6.45, 7) is 9.26. The van der Waals surface area contributed by atoms with Crippen molar-refractivity contribution in [3.8, 4) is 0 Å². The molecule has 0 radical (unpaired) electrons. The fourth-order valence-corrected chi connectivity index (χ4v) is 5.51. The van der Waals surface area contributed by atoms with Crippen LogP contribution in [0.15, 0.2) is 27.6 Å². The lowest BCUT2D eigenvalue weighted by molar-refractivity contribution is 0.358. The van der Waals surface area contributed by atoms with Crippen LogP contribution in [0.2, 0.25) is 0 Å². The molecule has 0 saturated heterocycles. The third-order valence-electron chi connectivity index (χ3n) is 3.70. The summed E-state index contributed by atoms with van der Waals surface area (Å²) in [5.74, 6) is 0.227. The molecule has 0 amide bonds. The molecular weight excluding hydrogens is 454 g/mol. The molecule has 0 fully saturated rings. The van der Waals surface area contributed by atoms with Crippen molar-refractivity contribution in [2.75, 3.05) is 12.9 Å². The third-order valence-corrected chi connectivity index (χ3v) is 6.53. The molecule has 1 unspecified atom stereocenters. The van der Waals surface area contributed by atoms with Crippen molar-refractivity contribution in [1.82, 2.24) is 4.72 Å². The number of benzene rings is 1. The van der Waals surface area contributed by atoms with Gasteiger partial charge in [0.2, 0.25) is 10.0 Å². The smallest absolute Gasteiger partial charge is 0.264 e. The summed E-state index contributed by atoms with van der Waals surface area (Å²) in [4.78, 5) is 0.277. The Morgan fingerprint density at radius 2 is 1.67 bits per heavy atom. The number of hydrogen-bond acceptors (Lipinski definition) is 5. The first-order chi connectivity index (χ1) is 12.2. The van der Waals surface area contributed by atoms with Gasteiger partial charge >= 0.3 is 0 Å². The lowest BCUT2D eigenvalue weighted by Crippen LogP contribution is -2.35. The normalized spacial score (nSPS) is 14.6. The molecule has 0 heterocycles. The molecule has 1 aromatic carbocycles. The van der Waals surface area contributed by atoms with E-state index in [-0.39, 0.29) is 17.4 Å². The van der Waals surface area contributed by atoms with Crippen LogP contribution in [0.25, 0.3) is 0 Å². The van der Waals surface area contributed by atoms with E-state index in [1.807, 2.05) is 32.9 Å². The molecule has 0 aromatic heterocycles. The summed E-state index contributed by atoms with van der Waals surface area (Å²) < 4.78 is 56.2. The second-order valence-corrected chi connectivity index (χ2v) is 11.5. The van der Waals surface area contributed by atoms with E-state index in [2.05, 4.69) is 20.7 Å². The Balaban J connectivity index is 3.15. The van der Waals surface area contributed by atoms with Crippen LogP contribution in [-0.2, 0) is 24.3 Å². The van der Waals surface area contributed by atoms with Crippen molar-refractivity contribution in [3.63, 3.8) is 0 Å². The molecule has 0 aliphatic heterocycles. The molecule has 0 aliphatic rings. The summed E-state index contributed by atoms with van der Waals surface area (Å²) in [5.41, 5.74) is 2.38. The SMILES string of the molecule is Cc1cc(C)c(S(=O)(=O)NC(/C=C(\Br)COS(C)(=O)=O)CC(C)C)c(C)c1. The molecule has 6 nitrogen and oxygen atoms in total. The number of hydrogen-bond donors (Lipinski definition) is 1. The van der Waals surface area contributed by atoms with Gasteiger partial charge in [-0.05, 0) is 44.2 Å². The van der Waals surface area contributed by atoms with E-state index in [9.17, 15) is 16.8 Å². The van der Waals surface area contributed by atoms with Crippen LogP contribution in [0.4, 0.5) is 0 Å². The average Bonchev–Trinajstić information content (AvgIpc) is 2.41. The van der Waals surface area contributed by atoms with E-state index in [4.69, 9.17) is 4.18 Å². The van der Waals surface area contributed by atoms with Crippen molar-refractivity contribution in [2.24, 2.45) is 5.92 Å². The van der Waals surface area contributed by atoms with Gasteiger partial charge in [0, 0.05) is 10.5 Å². The molecular formula is C18H28BrNO5S2. The number of rotatable bonds is 9. The predicted molar refractivity (Wildman–Crippen MR) is 112 cm³/mol. The zero-order valence-electron chi connectivity index (χ0n) is 16.5. The van der Waals surface area contributed by atoms with E-state index in [0.717, 1.165) is 11.8 Å². The van der Waals surface area contributed by atoms with Crippen LogP contribution < -0.4 is 4.72 Å². The summed E-state index contributed by atoms with van der Waals surface area (Å²) in [6.07, 6.45) is 3.16. The van der Waals surface area contributed by atoms with Gasteiger partial charge in [0.05, 0.1) is 17.8 Å². The van der Waals surface area contributed by atoms with Gasteiger partial charge in [-0.2, -0.15) is 8.42 Å². The summed E-state index contributed by atoms with van der Waals surface area (Å²) in [6, 6.07) is 3.17. The Labute approximate surface area is 171 Å². The number of nitrogens with one attached hydrogen (secondary N) is 1. The molecule has 1 rings (SSSR count). The topological polar surface area (TPSA) is 89.5 Å². The molecule has 1 atom stereocenters. The minimum atomic E-state index is -3.75. The zero-order chi connectivity index (χ0) is 21.0. The highest BCUT2D eigenvalue weighted by molar-refractivity contribution is 9.11. The second-order valence-electron chi connectivity index (χ2n) is 7.17. The predicted octanol–water partition coefficient (Wildman–Crippen LogP) is 3.56. The number of halogens is 1. The standard InChI is InChI=1S/C18H28BrNO5S2/c1-12(2)7-17(10-16(19)11-25-26(6,21)22)20-27(23,24)18-14(4)8-13(3)9-15(18)5/h8-10,12,17,20H,7,11H2,1-6H3/b16-10-. The monoisotopic (exact) mass is 481 g/mol. The maximum absolute atomic E-state index is 13.0. The Morgan fingerprint density at radius 3 is 2.11 bits per heavy atom. The van der Waals surface area contributed by atoms with Gasteiger partial charge in [0.1, 0.15) is 0 Å². The largest absolute Gasteiger partial charge is 0.265 e. The summed E-state index contributed by atoms with van der Waals surface area (Å²) in [7, 11) is -7.33. The van der Waals surface area contributed by atoms with Gasteiger partial charge < -0.3 is 0 Å². The van der Waals surface area contributed by atoms with Gasteiger partial charge in [0.15, 0.2) is 0 Å².